The first-order valence-electron chi connectivity index (χ1n) is 6.96. The largest absolute Gasteiger partial charge is 0.391 e. The van der Waals surface area contributed by atoms with Crippen LogP contribution in [0.4, 0.5) is 4.79 Å². The number of rotatable bonds is 6. The molecule has 0 saturated carbocycles. The third-order valence-electron chi connectivity index (χ3n) is 3.14. The number of carbonyl (C=O) groups is 1. The van der Waals surface area contributed by atoms with Crippen LogP contribution in [0.5, 0.6) is 0 Å². The molecule has 1 heterocycles. The second kappa shape index (κ2) is 7.28. The van der Waals surface area contributed by atoms with E-state index in [9.17, 15) is 9.90 Å². The summed E-state index contributed by atoms with van der Waals surface area (Å²) in [6.45, 7) is 6.67. The number of aliphatic hydroxyl groups is 1. The molecule has 0 aliphatic carbocycles. The van der Waals surface area contributed by atoms with Crippen LogP contribution in [0.1, 0.15) is 32.8 Å². The van der Waals surface area contributed by atoms with Gasteiger partial charge in [0.2, 0.25) is 0 Å². The molecule has 1 aromatic rings. The molecule has 0 aliphatic rings. The number of amides is 2. The van der Waals surface area contributed by atoms with Crippen molar-refractivity contribution in [1.29, 1.82) is 0 Å². The van der Waals surface area contributed by atoms with Gasteiger partial charge in [0.05, 0.1) is 12.3 Å². The van der Waals surface area contributed by atoms with E-state index in [1.807, 2.05) is 40.2 Å². The summed E-state index contributed by atoms with van der Waals surface area (Å²) in [7, 11) is 1.88. The van der Waals surface area contributed by atoms with Crippen molar-refractivity contribution in [2.75, 3.05) is 13.1 Å². The molecular weight excluding hydrogens is 256 g/mol. The van der Waals surface area contributed by atoms with Crippen molar-refractivity contribution in [2.24, 2.45) is 12.5 Å². The zero-order chi connectivity index (χ0) is 15.2. The molecule has 1 atom stereocenters. The summed E-state index contributed by atoms with van der Waals surface area (Å²) in [5.41, 5.74) is 0.936. The van der Waals surface area contributed by atoms with E-state index in [-0.39, 0.29) is 18.0 Å². The van der Waals surface area contributed by atoms with Gasteiger partial charge in [-0.15, -0.1) is 0 Å². The number of urea groups is 1. The van der Waals surface area contributed by atoms with Gasteiger partial charge in [0.15, 0.2) is 0 Å². The summed E-state index contributed by atoms with van der Waals surface area (Å²) >= 11 is 0. The number of hydrogen-bond donors (Lipinski definition) is 3. The van der Waals surface area contributed by atoms with Gasteiger partial charge in [-0.1, -0.05) is 20.8 Å². The Hall–Kier alpha value is -1.56. The van der Waals surface area contributed by atoms with Gasteiger partial charge < -0.3 is 15.7 Å². The molecule has 0 spiro atoms. The smallest absolute Gasteiger partial charge is 0.314 e. The van der Waals surface area contributed by atoms with Gasteiger partial charge in [-0.2, -0.15) is 5.10 Å². The van der Waals surface area contributed by atoms with Crippen molar-refractivity contribution >= 4 is 6.03 Å². The minimum atomic E-state index is -0.552. The Bertz CT molecular complexity index is 423. The first kappa shape index (κ1) is 16.5. The highest BCUT2D eigenvalue weighted by Gasteiger charge is 2.22. The Morgan fingerprint density at radius 2 is 2.15 bits per heavy atom. The number of aliphatic hydroxyl groups excluding tert-OH is 1. The van der Waals surface area contributed by atoms with E-state index in [2.05, 4.69) is 15.7 Å². The Kier molecular flexibility index (Phi) is 6.01. The van der Waals surface area contributed by atoms with Crippen LogP contribution >= 0.6 is 0 Å². The van der Waals surface area contributed by atoms with Crippen molar-refractivity contribution in [1.82, 2.24) is 20.4 Å². The average Bonchev–Trinajstić information content (AvgIpc) is 2.76. The van der Waals surface area contributed by atoms with Crippen molar-refractivity contribution in [3.8, 4) is 0 Å². The molecule has 1 unspecified atom stereocenters. The SMILES string of the molecule is Cn1cc(CCCNC(=O)NCC(O)C(C)(C)C)cn1. The lowest BCUT2D eigenvalue weighted by Crippen LogP contribution is -2.43. The van der Waals surface area contributed by atoms with Crippen LogP contribution < -0.4 is 10.6 Å². The predicted molar refractivity (Wildman–Crippen MR) is 78.4 cm³/mol. The van der Waals surface area contributed by atoms with Crippen molar-refractivity contribution in [3.05, 3.63) is 18.0 Å². The molecule has 0 saturated heterocycles. The normalized spacial score (nSPS) is 13.1. The highest BCUT2D eigenvalue weighted by molar-refractivity contribution is 5.73. The molecule has 1 aromatic heterocycles. The van der Waals surface area contributed by atoms with Crippen LogP contribution in [0.15, 0.2) is 12.4 Å². The van der Waals surface area contributed by atoms with Crippen LogP contribution in [0.25, 0.3) is 0 Å². The summed E-state index contributed by atoms with van der Waals surface area (Å²) in [5.74, 6) is 0. The Labute approximate surface area is 120 Å². The van der Waals surface area contributed by atoms with E-state index in [1.165, 1.54) is 0 Å². The fourth-order valence-corrected chi connectivity index (χ4v) is 1.65. The number of nitrogens with zero attached hydrogens (tertiary/aromatic N) is 2. The summed E-state index contributed by atoms with van der Waals surface area (Å²) in [5, 5.41) is 19.4. The maximum absolute atomic E-state index is 11.5. The molecule has 2 amide bonds. The van der Waals surface area contributed by atoms with Gasteiger partial charge in [-0.25, -0.2) is 4.79 Å². The third kappa shape index (κ3) is 6.06. The van der Waals surface area contributed by atoms with Gasteiger partial charge in [-0.3, -0.25) is 4.68 Å². The maximum Gasteiger partial charge on any atom is 0.314 e. The molecule has 20 heavy (non-hydrogen) atoms. The lowest BCUT2D eigenvalue weighted by molar-refractivity contribution is 0.0650. The van der Waals surface area contributed by atoms with Crippen LogP contribution in [-0.2, 0) is 13.5 Å². The molecule has 0 fully saturated rings. The van der Waals surface area contributed by atoms with Crippen LogP contribution in [0.3, 0.4) is 0 Å². The molecule has 0 bridgehead atoms. The molecule has 1 rings (SSSR count). The van der Waals surface area contributed by atoms with E-state index < -0.39 is 6.10 Å². The molecule has 6 nitrogen and oxygen atoms in total. The number of aryl methyl sites for hydroxylation is 2. The number of carbonyl (C=O) groups excluding carboxylic acids is 1. The Morgan fingerprint density at radius 1 is 1.45 bits per heavy atom. The summed E-state index contributed by atoms with van der Waals surface area (Å²) in [6.07, 6.45) is 5.00. The van der Waals surface area contributed by atoms with Crippen molar-refractivity contribution in [2.45, 2.75) is 39.7 Å². The van der Waals surface area contributed by atoms with Gasteiger partial charge in [0.1, 0.15) is 0 Å². The summed E-state index contributed by atoms with van der Waals surface area (Å²) in [6, 6.07) is -0.237. The van der Waals surface area contributed by atoms with Crippen molar-refractivity contribution < 1.29 is 9.90 Å². The summed E-state index contributed by atoms with van der Waals surface area (Å²) in [4.78, 5) is 11.5. The molecule has 0 radical (unpaired) electrons. The minimum Gasteiger partial charge on any atom is -0.391 e. The average molecular weight is 282 g/mol. The number of aromatic nitrogens is 2. The van der Waals surface area contributed by atoms with Crippen LogP contribution in [0.2, 0.25) is 0 Å². The minimum absolute atomic E-state index is 0.229. The van der Waals surface area contributed by atoms with Crippen molar-refractivity contribution in [3.63, 3.8) is 0 Å². The van der Waals surface area contributed by atoms with E-state index in [0.717, 1.165) is 18.4 Å². The van der Waals surface area contributed by atoms with Gasteiger partial charge in [0.25, 0.3) is 0 Å². The van der Waals surface area contributed by atoms with Gasteiger partial charge in [0, 0.05) is 26.3 Å². The van der Waals surface area contributed by atoms with Gasteiger partial charge in [-0.05, 0) is 23.8 Å². The fourth-order valence-electron chi connectivity index (χ4n) is 1.65. The molecule has 3 N–H and O–H groups in total. The second-order valence-corrected chi connectivity index (χ2v) is 6.14. The first-order valence-corrected chi connectivity index (χ1v) is 6.96. The Morgan fingerprint density at radius 3 is 2.70 bits per heavy atom. The highest BCUT2D eigenvalue weighted by Crippen LogP contribution is 2.17. The fraction of sp³-hybridized carbons (Fsp3) is 0.714. The zero-order valence-corrected chi connectivity index (χ0v) is 12.8. The quantitative estimate of drug-likeness (QED) is 0.683. The zero-order valence-electron chi connectivity index (χ0n) is 12.8. The standard InChI is InChI=1S/C14H26N4O2/c1-14(2,3)12(19)9-16-13(20)15-7-5-6-11-8-17-18(4)10-11/h8,10,12,19H,5-7,9H2,1-4H3,(H2,15,16,20). The molecule has 6 heteroatoms. The van der Waals surface area contributed by atoms with E-state index in [4.69, 9.17) is 0 Å². The highest BCUT2D eigenvalue weighted by atomic mass is 16.3. The molecule has 0 aromatic carbocycles. The first-order chi connectivity index (χ1) is 9.29. The lowest BCUT2D eigenvalue weighted by Gasteiger charge is -2.25. The molecular formula is C14H26N4O2. The monoisotopic (exact) mass is 282 g/mol. The Balaban J connectivity index is 2.11. The van der Waals surface area contributed by atoms with E-state index >= 15 is 0 Å². The number of hydrogen-bond acceptors (Lipinski definition) is 3. The lowest BCUT2D eigenvalue weighted by atomic mass is 9.89. The number of nitrogens with one attached hydrogen (secondary N) is 2. The maximum atomic E-state index is 11.5. The predicted octanol–water partition coefficient (Wildman–Crippen LogP) is 1.06. The molecule has 114 valence electrons. The van der Waals surface area contributed by atoms with Crippen LogP contribution in [0, 0.1) is 5.41 Å². The second-order valence-electron chi connectivity index (χ2n) is 6.14. The van der Waals surface area contributed by atoms with Gasteiger partial charge >= 0.3 is 6.03 Å². The topological polar surface area (TPSA) is 79.2 Å². The summed E-state index contributed by atoms with van der Waals surface area (Å²) < 4.78 is 1.77. The van der Waals surface area contributed by atoms with E-state index in [0.29, 0.717) is 6.54 Å². The van der Waals surface area contributed by atoms with Crippen LogP contribution in [-0.4, -0.2) is 40.1 Å². The molecule has 0 aliphatic heterocycles. The third-order valence-corrected chi connectivity index (χ3v) is 3.14. The van der Waals surface area contributed by atoms with E-state index in [1.54, 1.807) is 4.68 Å².